The maximum absolute atomic E-state index is 14.1. The van der Waals surface area contributed by atoms with Crippen molar-refractivity contribution < 1.29 is 19.0 Å². The van der Waals surface area contributed by atoms with Crippen LogP contribution in [-0.2, 0) is 21.4 Å². The first-order valence-corrected chi connectivity index (χ1v) is 8.64. The van der Waals surface area contributed by atoms with Crippen LogP contribution in [0.25, 0.3) is 10.9 Å². The molecule has 0 bridgehead atoms. The van der Waals surface area contributed by atoms with Gasteiger partial charge in [-0.15, -0.1) is 0 Å². The number of rotatable bonds is 5. The Balaban J connectivity index is 2.08. The first kappa shape index (κ1) is 18.2. The molecule has 1 aromatic carbocycles. The number of nitrogens with two attached hydrogens (primary N) is 1. The minimum Gasteiger partial charge on any atom is -0.396 e. The molecule has 1 aliphatic heterocycles. The van der Waals surface area contributed by atoms with Crippen molar-refractivity contribution in [1.29, 1.82) is 0 Å². The van der Waals surface area contributed by atoms with Crippen LogP contribution < -0.4 is 5.73 Å². The molecule has 25 heavy (non-hydrogen) atoms. The van der Waals surface area contributed by atoms with Gasteiger partial charge in [0.15, 0.2) is 5.79 Å². The van der Waals surface area contributed by atoms with Gasteiger partial charge >= 0.3 is 0 Å². The van der Waals surface area contributed by atoms with Crippen LogP contribution in [0.1, 0.15) is 39.8 Å². The van der Waals surface area contributed by atoms with Gasteiger partial charge in [-0.1, -0.05) is 13.8 Å². The summed E-state index contributed by atoms with van der Waals surface area (Å²) in [7, 11) is 0. The van der Waals surface area contributed by atoms with E-state index >= 15 is 0 Å². The number of nitrogen functional groups attached to an aromatic ring is 1. The second-order valence-corrected chi connectivity index (χ2v) is 7.88. The normalized spacial score (nSPS) is 20.5. The first-order chi connectivity index (χ1) is 11.6. The lowest BCUT2D eigenvalue weighted by molar-refractivity contribution is -0.139. The van der Waals surface area contributed by atoms with Gasteiger partial charge in [0.05, 0.1) is 24.4 Å². The molecule has 0 saturated carbocycles. The molecular formula is C19H27FN2O3. The van der Waals surface area contributed by atoms with Crippen molar-refractivity contribution in [2.45, 2.75) is 58.0 Å². The summed E-state index contributed by atoms with van der Waals surface area (Å²) >= 11 is 0. The van der Waals surface area contributed by atoms with Crippen LogP contribution in [0.4, 0.5) is 10.1 Å². The fourth-order valence-corrected chi connectivity index (χ4v) is 3.52. The predicted molar refractivity (Wildman–Crippen MR) is 95.9 cm³/mol. The Bertz CT molecular complexity index is 783. The Morgan fingerprint density at radius 2 is 2.08 bits per heavy atom. The molecule has 1 saturated heterocycles. The van der Waals surface area contributed by atoms with E-state index in [1.165, 1.54) is 6.07 Å². The van der Waals surface area contributed by atoms with E-state index in [1.54, 1.807) is 6.07 Å². The highest BCUT2D eigenvalue weighted by Crippen LogP contribution is 2.35. The Morgan fingerprint density at radius 3 is 2.68 bits per heavy atom. The van der Waals surface area contributed by atoms with Crippen molar-refractivity contribution in [3.05, 3.63) is 29.7 Å². The topological polar surface area (TPSA) is 69.6 Å². The second-order valence-electron chi connectivity index (χ2n) is 7.88. The molecule has 0 spiro atoms. The van der Waals surface area contributed by atoms with Crippen molar-refractivity contribution in [1.82, 2.24) is 4.57 Å². The summed E-state index contributed by atoms with van der Waals surface area (Å²) in [6.45, 7) is 9.05. The van der Waals surface area contributed by atoms with Crippen LogP contribution in [0.5, 0.6) is 0 Å². The molecule has 1 aliphatic rings. The number of aromatic nitrogens is 1. The summed E-state index contributed by atoms with van der Waals surface area (Å²) in [5.41, 5.74) is 7.41. The molecule has 5 nitrogen and oxygen atoms in total. The molecule has 138 valence electrons. The highest BCUT2D eigenvalue weighted by Gasteiger charge is 2.34. The van der Waals surface area contributed by atoms with Crippen LogP contribution >= 0.6 is 0 Å². The monoisotopic (exact) mass is 350 g/mol. The van der Waals surface area contributed by atoms with Gasteiger partial charge in [0.1, 0.15) is 11.9 Å². The third-order valence-corrected chi connectivity index (χ3v) is 4.90. The summed E-state index contributed by atoms with van der Waals surface area (Å²) in [5.74, 6) is -1.04. The number of nitrogens with zero attached hydrogens (tertiary/aromatic N) is 1. The molecule has 1 fully saturated rings. The average Bonchev–Trinajstić information content (AvgIpc) is 3.01. The second kappa shape index (κ2) is 6.27. The molecule has 1 aromatic heterocycles. The van der Waals surface area contributed by atoms with Crippen LogP contribution in [0.3, 0.4) is 0 Å². The van der Waals surface area contributed by atoms with Crippen molar-refractivity contribution in [2.24, 2.45) is 0 Å². The summed E-state index contributed by atoms with van der Waals surface area (Å²) in [4.78, 5) is 0. The highest BCUT2D eigenvalue weighted by molar-refractivity contribution is 5.85. The van der Waals surface area contributed by atoms with Crippen molar-refractivity contribution >= 4 is 16.6 Å². The van der Waals surface area contributed by atoms with E-state index < -0.39 is 11.6 Å². The van der Waals surface area contributed by atoms with Crippen molar-refractivity contribution in [3.63, 3.8) is 0 Å². The number of halogens is 1. The Labute approximate surface area is 147 Å². The summed E-state index contributed by atoms with van der Waals surface area (Å²) in [6.07, 6.45) is 0.490. The van der Waals surface area contributed by atoms with Crippen LogP contribution in [0.2, 0.25) is 0 Å². The number of aliphatic hydroxyl groups is 1. The van der Waals surface area contributed by atoms with Crippen LogP contribution in [0, 0.1) is 5.82 Å². The largest absolute Gasteiger partial charge is 0.396 e. The van der Waals surface area contributed by atoms with Gasteiger partial charge in [-0.2, -0.15) is 0 Å². The number of anilines is 1. The molecule has 0 amide bonds. The maximum Gasteiger partial charge on any atom is 0.163 e. The zero-order chi connectivity index (χ0) is 18.4. The van der Waals surface area contributed by atoms with E-state index in [2.05, 4.69) is 18.4 Å². The first-order valence-electron chi connectivity index (χ1n) is 8.64. The zero-order valence-corrected chi connectivity index (χ0v) is 15.3. The molecule has 2 heterocycles. The fraction of sp³-hybridized carbons (Fsp3) is 0.579. The molecule has 0 aliphatic carbocycles. The van der Waals surface area contributed by atoms with Crippen LogP contribution in [0.15, 0.2) is 18.2 Å². The van der Waals surface area contributed by atoms with Gasteiger partial charge in [-0.3, -0.25) is 0 Å². The Hall–Kier alpha value is -1.63. The Morgan fingerprint density at radius 1 is 1.36 bits per heavy atom. The maximum atomic E-state index is 14.1. The van der Waals surface area contributed by atoms with E-state index in [0.29, 0.717) is 19.6 Å². The fourth-order valence-electron chi connectivity index (χ4n) is 3.52. The van der Waals surface area contributed by atoms with E-state index in [0.717, 1.165) is 16.6 Å². The van der Waals surface area contributed by atoms with Crippen molar-refractivity contribution in [2.75, 3.05) is 18.9 Å². The molecule has 1 atom stereocenters. The quantitative estimate of drug-likeness (QED) is 0.813. The van der Waals surface area contributed by atoms with E-state index in [9.17, 15) is 9.50 Å². The lowest BCUT2D eigenvalue weighted by Crippen LogP contribution is -2.28. The van der Waals surface area contributed by atoms with E-state index in [-0.39, 0.29) is 23.8 Å². The number of fused-ring (bicyclic) bond motifs is 1. The smallest absolute Gasteiger partial charge is 0.163 e. The predicted octanol–water partition coefficient (Wildman–Crippen LogP) is 3.17. The minimum absolute atomic E-state index is 0.0844. The lowest BCUT2D eigenvalue weighted by Gasteiger charge is -2.27. The number of aliphatic hydroxyl groups excluding tert-OH is 1. The molecule has 6 heteroatoms. The molecule has 1 unspecified atom stereocenters. The number of hydrogen-bond acceptors (Lipinski definition) is 4. The summed E-state index contributed by atoms with van der Waals surface area (Å²) in [5, 5.41) is 10.3. The lowest BCUT2D eigenvalue weighted by atomic mass is 9.85. The third-order valence-electron chi connectivity index (χ3n) is 4.90. The number of ether oxygens (including phenoxy) is 2. The molecule has 2 aromatic rings. The SMILES string of the molecule is CC1(C)OCC(Cn2c(C(C)(C)CCO)cc3cc(N)c(F)cc32)O1. The minimum atomic E-state index is -0.607. The van der Waals surface area contributed by atoms with E-state index in [1.807, 2.05) is 19.9 Å². The van der Waals surface area contributed by atoms with Gasteiger partial charge in [0, 0.05) is 29.2 Å². The van der Waals surface area contributed by atoms with Crippen molar-refractivity contribution in [3.8, 4) is 0 Å². The Kier molecular flexibility index (Phi) is 4.56. The number of benzene rings is 1. The van der Waals surface area contributed by atoms with Gasteiger partial charge in [-0.05, 0) is 32.4 Å². The average molecular weight is 350 g/mol. The molecule has 3 rings (SSSR count). The summed E-state index contributed by atoms with van der Waals surface area (Å²) in [6, 6.07) is 5.17. The van der Waals surface area contributed by atoms with Gasteiger partial charge in [0.2, 0.25) is 0 Å². The third kappa shape index (κ3) is 3.52. The molecule has 0 radical (unpaired) electrons. The number of hydrogen-bond donors (Lipinski definition) is 2. The van der Waals surface area contributed by atoms with Gasteiger partial charge in [0.25, 0.3) is 0 Å². The zero-order valence-electron chi connectivity index (χ0n) is 15.3. The molecular weight excluding hydrogens is 323 g/mol. The van der Waals surface area contributed by atoms with Gasteiger partial charge < -0.3 is 24.9 Å². The highest BCUT2D eigenvalue weighted by atomic mass is 19.1. The van der Waals surface area contributed by atoms with Gasteiger partial charge in [-0.25, -0.2) is 4.39 Å². The standard InChI is InChI=1S/C19H27FN2O3/c1-18(2,5-6-23)17-8-12-7-15(21)14(20)9-16(12)22(17)10-13-11-24-19(3,4)25-13/h7-9,13,23H,5-6,10-11,21H2,1-4H3. The summed E-state index contributed by atoms with van der Waals surface area (Å²) < 4.78 is 27.8. The van der Waals surface area contributed by atoms with E-state index in [4.69, 9.17) is 15.2 Å². The molecule has 3 N–H and O–H groups in total. The van der Waals surface area contributed by atoms with Crippen LogP contribution in [-0.4, -0.2) is 34.8 Å².